The van der Waals surface area contributed by atoms with Gasteiger partial charge in [0.05, 0.1) is 46.0 Å². The summed E-state index contributed by atoms with van der Waals surface area (Å²) in [7, 11) is 0. The van der Waals surface area contributed by atoms with Crippen LogP contribution in [0.4, 0.5) is 22.7 Å². The fourth-order valence-electron chi connectivity index (χ4n) is 11.2. The number of hydrogen-bond acceptors (Lipinski definition) is 7. The number of aryl methyl sites for hydroxylation is 2. The summed E-state index contributed by atoms with van der Waals surface area (Å²) in [5, 5.41) is 0. The first-order valence-corrected chi connectivity index (χ1v) is 23.9. The maximum Gasteiger partial charge on any atom is 0.198 e. The monoisotopic (exact) mass is 884 g/mol. The maximum absolute atomic E-state index is 17.3. The van der Waals surface area contributed by atoms with Gasteiger partial charge in [0.15, 0.2) is 5.78 Å². The predicted octanol–water partition coefficient (Wildman–Crippen LogP) is 12.7. The SMILES string of the molecule is Cc1ccc(N2c3ccncc3C(C(=O)C3=C(N4CCc5ccccc5C4)C(c4ccccc4)N(c4ccc(C)cc4)c4ccncc43)=C(N3CCc4ccccc4C3)C2c2ccccc2)cc1. The molecule has 12 rings (SSSR count). The molecular weight excluding hydrogens is 833 g/mol. The Hall–Kier alpha value is -8.03. The molecule has 0 N–H and O–H groups in total. The van der Waals surface area contributed by atoms with E-state index in [4.69, 9.17) is 9.97 Å². The van der Waals surface area contributed by atoms with Gasteiger partial charge in [0.1, 0.15) is 0 Å². The Balaban J connectivity index is 1.18. The summed E-state index contributed by atoms with van der Waals surface area (Å²) in [6.07, 6.45) is 9.33. The quantitative estimate of drug-likeness (QED) is 0.151. The smallest absolute Gasteiger partial charge is 0.198 e. The largest absolute Gasteiger partial charge is 0.368 e. The first-order valence-electron chi connectivity index (χ1n) is 23.9. The molecular formula is C61H52N6O. The molecule has 0 saturated heterocycles. The van der Waals surface area contributed by atoms with Crippen molar-refractivity contribution in [3.05, 3.63) is 262 Å². The number of allylic oxidation sites excluding steroid dienone is 2. The molecule has 0 bridgehead atoms. The number of hydrogen-bond donors (Lipinski definition) is 0. The van der Waals surface area contributed by atoms with Crippen LogP contribution in [-0.2, 0) is 30.7 Å². The molecule has 7 heteroatoms. The van der Waals surface area contributed by atoms with Crippen LogP contribution in [0.15, 0.2) is 206 Å². The predicted molar refractivity (Wildman–Crippen MR) is 273 cm³/mol. The van der Waals surface area contributed by atoms with Crippen molar-refractivity contribution >= 4 is 39.7 Å². The topological polar surface area (TPSA) is 55.8 Å². The third-order valence-electron chi connectivity index (χ3n) is 14.5. The van der Waals surface area contributed by atoms with Crippen molar-refractivity contribution in [3.8, 4) is 0 Å². The zero-order chi connectivity index (χ0) is 45.7. The van der Waals surface area contributed by atoms with Crippen molar-refractivity contribution in [3.63, 3.8) is 0 Å². The normalized spacial score (nSPS) is 17.6. The number of carbonyl (C=O) groups is 1. The number of rotatable bonds is 8. The van der Waals surface area contributed by atoms with Crippen molar-refractivity contribution in [2.24, 2.45) is 0 Å². The number of anilines is 4. The van der Waals surface area contributed by atoms with Gasteiger partial charge in [0.25, 0.3) is 0 Å². The van der Waals surface area contributed by atoms with Gasteiger partial charge in [-0.1, -0.05) is 145 Å². The molecule has 6 aromatic carbocycles. The van der Waals surface area contributed by atoms with Gasteiger partial charge in [-0.05, 0) is 96.5 Å². The number of benzene rings is 6. The molecule has 2 aromatic heterocycles. The highest BCUT2D eigenvalue weighted by Gasteiger charge is 2.46. The van der Waals surface area contributed by atoms with Crippen molar-refractivity contribution in [1.29, 1.82) is 0 Å². The molecule has 0 aliphatic carbocycles. The Morgan fingerprint density at radius 1 is 0.456 bits per heavy atom. The summed E-state index contributed by atoms with van der Waals surface area (Å²) in [4.78, 5) is 36.9. The lowest BCUT2D eigenvalue weighted by Gasteiger charge is -2.48. The van der Waals surface area contributed by atoms with E-state index in [2.05, 4.69) is 203 Å². The highest BCUT2D eigenvalue weighted by Crippen LogP contribution is 2.55. The molecule has 0 amide bonds. The van der Waals surface area contributed by atoms with Crippen molar-refractivity contribution in [2.45, 2.75) is 51.9 Å². The summed E-state index contributed by atoms with van der Waals surface area (Å²) in [6.45, 7) is 7.11. The zero-order valence-electron chi connectivity index (χ0n) is 38.5. The van der Waals surface area contributed by atoms with Gasteiger partial charge in [-0.2, -0.15) is 0 Å². The van der Waals surface area contributed by atoms with Crippen LogP contribution in [0, 0.1) is 13.8 Å². The molecule has 332 valence electrons. The zero-order valence-corrected chi connectivity index (χ0v) is 38.5. The maximum atomic E-state index is 17.3. The average Bonchev–Trinajstić information content (AvgIpc) is 3.40. The number of fused-ring (bicyclic) bond motifs is 4. The molecule has 4 aliphatic heterocycles. The Morgan fingerprint density at radius 3 is 1.25 bits per heavy atom. The Labute approximate surface area is 399 Å². The van der Waals surface area contributed by atoms with Crippen molar-refractivity contribution in [1.82, 2.24) is 19.8 Å². The molecule has 0 fully saturated rings. The van der Waals surface area contributed by atoms with Gasteiger partial charge in [-0.3, -0.25) is 14.8 Å². The molecule has 8 aromatic rings. The molecule has 0 spiro atoms. The Bertz CT molecular complexity index is 3030. The minimum atomic E-state index is -0.352. The Morgan fingerprint density at radius 2 is 0.838 bits per heavy atom. The number of aromatic nitrogens is 2. The lowest BCUT2D eigenvalue weighted by atomic mass is 9.79. The minimum absolute atomic E-state index is 0.0230. The molecule has 2 unspecified atom stereocenters. The van der Waals surface area contributed by atoms with E-state index in [-0.39, 0.29) is 17.9 Å². The first kappa shape index (κ1) is 41.4. The molecule has 2 atom stereocenters. The summed E-state index contributed by atoms with van der Waals surface area (Å²) in [5.41, 5.74) is 18.8. The van der Waals surface area contributed by atoms with E-state index in [0.29, 0.717) is 24.2 Å². The van der Waals surface area contributed by atoms with Gasteiger partial charge in [0, 0.05) is 73.5 Å². The highest BCUT2D eigenvalue weighted by molar-refractivity contribution is 6.45. The summed E-state index contributed by atoms with van der Waals surface area (Å²) in [6, 6.07) is 60.2. The number of Topliss-reactive ketones (excluding diaryl/α,β-unsaturated/α-hetero) is 1. The second-order valence-electron chi connectivity index (χ2n) is 18.6. The number of carbonyl (C=O) groups excluding carboxylic acids is 1. The minimum Gasteiger partial charge on any atom is -0.368 e. The van der Waals surface area contributed by atoms with Crippen LogP contribution in [0.1, 0.15) is 67.7 Å². The van der Waals surface area contributed by atoms with E-state index in [9.17, 15) is 0 Å². The third-order valence-corrected chi connectivity index (χ3v) is 14.5. The van der Waals surface area contributed by atoms with E-state index in [1.165, 1.54) is 33.4 Å². The van der Waals surface area contributed by atoms with Crippen LogP contribution in [-0.4, -0.2) is 38.6 Å². The molecule has 0 saturated carbocycles. The summed E-state index contributed by atoms with van der Waals surface area (Å²) >= 11 is 0. The van der Waals surface area contributed by atoms with Crippen molar-refractivity contribution in [2.75, 3.05) is 22.9 Å². The van der Waals surface area contributed by atoms with Crippen LogP contribution in [0.25, 0.3) is 11.1 Å². The lowest BCUT2D eigenvalue weighted by Crippen LogP contribution is -2.43. The molecule has 0 radical (unpaired) electrons. The van der Waals surface area contributed by atoms with Gasteiger partial charge in [-0.25, -0.2) is 0 Å². The van der Waals surface area contributed by atoms with Crippen LogP contribution < -0.4 is 9.80 Å². The van der Waals surface area contributed by atoms with Crippen LogP contribution >= 0.6 is 0 Å². The van der Waals surface area contributed by atoms with Gasteiger partial charge in [-0.15, -0.1) is 0 Å². The molecule has 4 aliphatic rings. The standard InChI is InChI=1S/C61H52N6O/c1-41-21-25-49(26-22-41)66-53-29-33-62-37-51(53)55(59(57(66)45-15-5-3-6-16-45)64-35-31-43-13-9-11-19-47(43)39-64)61(68)56-52-38-63-34-30-54(52)67(50-27-23-42(2)24-28-50)58(46-17-7-4-8-18-46)60(56)65-36-32-44-14-10-12-20-48(44)40-65/h3-30,33-34,37-38,57-58H,31-32,35-36,39-40H2,1-2H3. The van der Waals surface area contributed by atoms with Gasteiger partial charge >= 0.3 is 0 Å². The van der Waals surface area contributed by atoms with E-state index in [1.807, 2.05) is 24.8 Å². The van der Waals surface area contributed by atoms with Crippen LogP contribution in [0.2, 0.25) is 0 Å². The van der Waals surface area contributed by atoms with Gasteiger partial charge in [0.2, 0.25) is 0 Å². The lowest BCUT2D eigenvalue weighted by molar-refractivity contribution is -0.109. The average molecular weight is 885 g/mol. The highest BCUT2D eigenvalue weighted by atomic mass is 16.1. The second-order valence-corrected chi connectivity index (χ2v) is 18.6. The fraction of sp³-hybridized carbons (Fsp3) is 0.164. The van der Waals surface area contributed by atoms with Crippen molar-refractivity contribution < 1.29 is 4.79 Å². The molecule has 7 nitrogen and oxygen atoms in total. The van der Waals surface area contributed by atoms with Gasteiger partial charge < -0.3 is 19.6 Å². The van der Waals surface area contributed by atoms with Crippen LogP contribution in [0.3, 0.4) is 0 Å². The summed E-state index contributed by atoms with van der Waals surface area (Å²) < 4.78 is 0. The first-order chi connectivity index (χ1) is 33.5. The second kappa shape index (κ2) is 17.3. The third kappa shape index (κ3) is 7.17. The van der Waals surface area contributed by atoms with E-state index < -0.39 is 0 Å². The number of pyridine rings is 2. The molecule has 6 heterocycles. The number of ketones is 1. The number of nitrogens with zero attached hydrogens (tertiary/aromatic N) is 6. The van der Waals surface area contributed by atoms with E-state index >= 15 is 4.79 Å². The van der Waals surface area contributed by atoms with E-state index in [1.54, 1.807) is 0 Å². The summed E-state index contributed by atoms with van der Waals surface area (Å²) in [5.74, 6) is -0.0230. The Kier molecular flexibility index (Phi) is 10.5. The van der Waals surface area contributed by atoms with Crippen LogP contribution in [0.5, 0.6) is 0 Å². The van der Waals surface area contributed by atoms with E-state index in [0.717, 1.165) is 82.3 Å². The molecule has 68 heavy (non-hydrogen) atoms. The fourth-order valence-corrected chi connectivity index (χ4v) is 11.2.